The number of piperidine rings is 1. The average Bonchev–Trinajstić information content (AvgIpc) is 2.41. The summed E-state index contributed by atoms with van der Waals surface area (Å²) in [5, 5.41) is 0. The lowest BCUT2D eigenvalue weighted by atomic mass is 9.99. The zero-order valence-corrected chi connectivity index (χ0v) is 11.6. The molecular formula is C16H20FNO. The summed E-state index contributed by atoms with van der Waals surface area (Å²) < 4.78 is 13.7. The number of rotatable bonds is 2. The van der Waals surface area contributed by atoms with Crippen LogP contribution in [0, 0.1) is 12.7 Å². The van der Waals surface area contributed by atoms with E-state index in [1.807, 2.05) is 4.90 Å². The molecule has 0 bridgehead atoms. The molecule has 3 heteroatoms. The van der Waals surface area contributed by atoms with Crippen molar-refractivity contribution < 1.29 is 9.18 Å². The molecule has 0 aromatic heterocycles. The summed E-state index contributed by atoms with van der Waals surface area (Å²) in [5.74, 6) is -0.417. The Morgan fingerprint density at radius 3 is 2.84 bits per heavy atom. The number of carbonyl (C=O) groups is 1. The van der Waals surface area contributed by atoms with Crippen molar-refractivity contribution >= 4 is 12.0 Å². The van der Waals surface area contributed by atoms with E-state index in [9.17, 15) is 9.18 Å². The van der Waals surface area contributed by atoms with Crippen molar-refractivity contribution in [2.24, 2.45) is 0 Å². The Kier molecular flexibility index (Phi) is 4.03. The van der Waals surface area contributed by atoms with Crippen LogP contribution < -0.4 is 0 Å². The minimum absolute atomic E-state index is 0.0824. The van der Waals surface area contributed by atoms with Crippen molar-refractivity contribution in [2.75, 3.05) is 6.54 Å². The van der Waals surface area contributed by atoms with Crippen molar-refractivity contribution in [1.29, 1.82) is 0 Å². The Balaban J connectivity index is 2.37. The summed E-state index contributed by atoms with van der Waals surface area (Å²) in [6.07, 6.45) is 4.81. The third-order valence-electron chi connectivity index (χ3n) is 3.84. The fourth-order valence-corrected chi connectivity index (χ4v) is 2.61. The molecule has 1 fully saturated rings. The molecule has 0 spiro atoms. The van der Waals surface area contributed by atoms with E-state index in [4.69, 9.17) is 0 Å². The van der Waals surface area contributed by atoms with E-state index >= 15 is 0 Å². The van der Waals surface area contributed by atoms with E-state index in [2.05, 4.69) is 13.5 Å². The number of aryl methyl sites for hydroxylation is 1. The van der Waals surface area contributed by atoms with Crippen LogP contribution in [0.2, 0.25) is 0 Å². The highest BCUT2D eigenvalue weighted by Gasteiger charge is 2.25. The minimum atomic E-state index is -0.335. The molecule has 1 unspecified atom stereocenters. The molecule has 1 aromatic rings. The first kappa shape index (κ1) is 13.8. The predicted octanol–water partition coefficient (Wildman–Crippen LogP) is 3.79. The number of carbonyl (C=O) groups excluding carboxylic acids is 1. The Morgan fingerprint density at radius 1 is 1.47 bits per heavy atom. The smallest absolute Gasteiger partial charge is 0.254 e. The van der Waals surface area contributed by atoms with Crippen LogP contribution in [-0.2, 0) is 0 Å². The molecule has 1 atom stereocenters. The molecule has 1 heterocycles. The van der Waals surface area contributed by atoms with Crippen molar-refractivity contribution in [3.63, 3.8) is 0 Å². The molecule has 1 aromatic carbocycles. The van der Waals surface area contributed by atoms with Gasteiger partial charge in [0.15, 0.2) is 0 Å². The second kappa shape index (κ2) is 5.55. The van der Waals surface area contributed by atoms with Crippen LogP contribution in [0.5, 0.6) is 0 Å². The molecule has 0 radical (unpaired) electrons. The first-order chi connectivity index (χ1) is 9.04. The topological polar surface area (TPSA) is 20.3 Å². The number of amides is 1. The van der Waals surface area contributed by atoms with Crippen LogP contribution in [0.25, 0.3) is 6.08 Å². The van der Waals surface area contributed by atoms with Crippen LogP contribution in [0.1, 0.15) is 47.7 Å². The van der Waals surface area contributed by atoms with Gasteiger partial charge in [0.2, 0.25) is 0 Å². The summed E-state index contributed by atoms with van der Waals surface area (Å²) in [4.78, 5) is 14.4. The van der Waals surface area contributed by atoms with Gasteiger partial charge in [-0.2, -0.15) is 0 Å². The maximum Gasteiger partial charge on any atom is 0.254 e. The first-order valence-electron chi connectivity index (χ1n) is 6.78. The standard InChI is InChI=1S/C16H20FNO/c1-4-13-9-11(2)15(17)10-14(13)16(19)18-8-6-5-7-12(18)3/h4,9-10,12H,1,5-8H2,2-3H3. The maximum atomic E-state index is 13.7. The van der Waals surface area contributed by atoms with Gasteiger partial charge >= 0.3 is 0 Å². The van der Waals surface area contributed by atoms with Crippen molar-refractivity contribution in [1.82, 2.24) is 4.90 Å². The fourth-order valence-electron chi connectivity index (χ4n) is 2.61. The lowest BCUT2D eigenvalue weighted by molar-refractivity contribution is 0.0635. The SMILES string of the molecule is C=Cc1cc(C)c(F)cc1C(=O)N1CCCCC1C. The lowest BCUT2D eigenvalue weighted by Crippen LogP contribution is -2.42. The predicted molar refractivity (Wildman–Crippen MR) is 75.6 cm³/mol. The highest BCUT2D eigenvalue weighted by atomic mass is 19.1. The molecule has 1 aliphatic heterocycles. The molecule has 1 aliphatic rings. The zero-order valence-electron chi connectivity index (χ0n) is 11.6. The second-order valence-corrected chi connectivity index (χ2v) is 5.24. The highest BCUT2D eigenvalue weighted by molar-refractivity contribution is 5.98. The molecule has 2 rings (SSSR count). The molecular weight excluding hydrogens is 241 g/mol. The monoisotopic (exact) mass is 261 g/mol. The van der Waals surface area contributed by atoms with E-state index in [0.29, 0.717) is 16.7 Å². The van der Waals surface area contributed by atoms with Gasteiger partial charge in [-0.1, -0.05) is 12.7 Å². The molecule has 1 amide bonds. The fraction of sp³-hybridized carbons (Fsp3) is 0.438. The Labute approximate surface area is 113 Å². The third-order valence-corrected chi connectivity index (χ3v) is 3.84. The lowest BCUT2D eigenvalue weighted by Gasteiger charge is -2.33. The van der Waals surface area contributed by atoms with E-state index in [0.717, 1.165) is 25.8 Å². The molecule has 102 valence electrons. The van der Waals surface area contributed by atoms with E-state index in [-0.39, 0.29) is 17.8 Å². The van der Waals surface area contributed by atoms with Gasteiger partial charge in [0, 0.05) is 18.2 Å². The number of likely N-dealkylation sites (tertiary alicyclic amines) is 1. The Morgan fingerprint density at radius 2 is 2.21 bits per heavy atom. The molecule has 0 N–H and O–H groups in total. The van der Waals surface area contributed by atoms with Gasteiger partial charge < -0.3 is 4.90 Å². The van der Waals surface area contributed by atoms with E-state index < -0.39 is 0 Å². The minimum Gasteiger partial charge on any atom is -0.336 e. The van der Waals surface area contributed by atoms with Crippen molar-refractivity contribution in [3.8, 4) is 0 Å². The Bertz CT molecular complexity index is 510. The Hall–Kier alpha value is -1.64. The molecule has 0 saturated carbocycles. The largest absolute Gasteiger partial charge is 0.336 e. The molecule has 1 saturated heterocycles. The number of benzene rings is 1. The van der Waals surface area contributed by atoms with Crippen LogP contribution in [0.3, 0.4) is 0 Å². The van der Waals surface area contributed by atoms with Gasteiger partial charge in [-0.25, -0.2) is 4.39 Å². The zero-order chi connectivity index (χ0) is 14.0. The average molecular weight is 261 g/mol. The van der Waals surface area contributed by atoms with Crippen LogP contribution in [0.4, 0.5) is 4.39 Å². The van der Waals surface area contributed by atoms with Gasteiger partial charge in [0.25, 0.3) is 5.91 Å². The first-order valence-corrected chi connectivity index (χ1v) is 6.78. The van der Waals surface area contributed by atoms with Gasteiger partial charge in [0.05, 0.1) is 0 Å². The molecule has 19 heavy (non-hydrogen) atoms. The summed E-state index contributed by atoms with van der Waals surface area (Å²) in [6.45, 7) is 8.22. The van der Waals surface area contributed by atoms with Gasteiger partial charge in [-0.05, 0) is 56.4 Å². The second-order valence-electron chi connectivity index (χ2n) is 5.24. The van der Waals surface area contributed by atoms with Crippen LogP contribution >= 0.6 is 0 Å². The van der Waals surface area contributed by atoms with Gasteiger partial charge in [-0.3, -0.25) is 4.79 Å². The summed E-state index contributed by atoms with van der Waals surface area (Å²) in [7, 11) is 0. The number of hydrogen-bond acceptors (Lipinski definition) is 1. The van der Waals surface area contributed by atoms with Crippen LogP contribution in [0.15, 0.2) is 18.7 Å². The molecule has 2 nitrogen and oxygen atoms in total. The van der Waals surface area contributed by atoms with Crippen molar-refractivity contribution in [2.45, 2.75) is 39.2 Å². The quantitative estimate of drug-likeness (QED) is 0.793. The van der Waals surface area contributed by atoms with E-state index in [1.54, 1.807) is 19.1 Å². The summed E-state index contributed by atoms with van der Waals surface area (Å²) in [5.41, 5.74) is 1.67. The number of halogens is 1. The highest BCUT2D eigenvalue weighted by Crippen LogP contribution is 2.23. The molecule has 0 aliphatic carbocycles. The summed E-state index contributed by atoms with van der Waals surface area (Å²) in [6, 6.07) is 3.25. The summed E-state index contributed by atoms with van der Waals surface area (Å²) >= 11 is 0. The normalized spacial score (nSPS) is 19.3. The van der Waals surface area contributed by atoms with E-state index in [1.165, 1.54) is 6.07 Å². The maximum absolute atomic E-state index is 13.7. The van der Waals surface area contributed by atoms with Crippen molar-refractivity contribution in [3.05, 3.63) is 41.2 Å². The third kappa shape index (κ3) is 2.70. The number of hydrogen-bond donors (Lipinski definition) is 0. The van der Waals surface area contributed by atoms with Gasteiger partial charge in [0.1, 0.15) is 5.82 Å². The van der Waals surface area contributed by atoms with Crippen LogP contribution in [-0.4, -0.2) is 23.4 Å². The van der Waals surface area contributed by atoms with Gasteiger partial charge in [-0.15, -0.1) is 0 Å². The number of nitrogens with zero attached hydrogens (tertiary/aromatic N) is 1.